The number of benzene rings is 1. The van der Waals surface area contributed by atoms with E-state index in [-0.39, 0.29) is 10.8 Å². The summed E-state index contributed by atoms with van der Waals surface area (Å²) in [6, 6.07) is 6.72. The summed E-state index contributed by atoms with van der Waals surface area (Å²) in [5.74, 6) is 0.685. The van der Waals surface area contributed by atoms with E-state index in [1.54, 1.807) is 12.1 Å². The number of primary sulfonamides is 1. The van der Waals surface area contributed by atoms with E-state index in [4.69, 9.17) is 5.14 Å². The Bertz CT molecular complexity index is 725. The highest BCUT2D eigenvalue weighted by Crippen LogP contribution is 2.31. The smallest absolute Gasteiger partial charge is 0.238 e. The maximum Gasteiger partial charge on any atom is 0.238 e. The fraction of sp³-hybridized carbons (Fsp3) is 0.632. The first-order valence-corrected chi connectivity index (χ1v) is 11.1. The van der Waals surface area contributed by atoms with Gasteiger partial charge in [0.05, 0.1) is 4.90 Å². The largest absolute Gasteiger partial charge is 0.326 e. The number of nitrogens with zero attached hydrogens (tertiary/aromatic N) is 1. The Morgan fingerprint density at radius 1 is 1.15 bits per heavy atom. The molecule has 2 aliphatic rings. The number of carbonyl (C=O) groups is 1. The van der Waals surface area contributed by atoms with Crippen LogP contribution in [0.1, 0.15) is 51.4 Å². The number of sulfonamides is 1. The van der Waals surface area contributed by atoms with Crippen molar-refractivity contribution in [2.45, 2.75) is 62.3 Å². The molecule has 1 aromatic carbocycles. The predicted molar refractivity (Wildman–Crippen MR) is 102 cm³/mol. The topological polar surface area (TPSA) is 92.5 Å². The molecular weight excluding hydrogens is 350 g/mol. The van der Waals surface area contributed by atoms with Crippen molar-refractivity contribution >= 4 is 21.6 Å². The van der Waals surface area contributed by atoms with Crippen LogP contribution in [0, 0.1) is 5.92 Å². The van der Waals surface area contributed by atoms with E-state index in [0.717, 1.165) is 19.0 Å². The van der Waals surface area contributed by atoms with Crippen LogP contribution < -0.4 is 10.5 Å². The third kappa shape index (κ3) is 5.79. The molecule has 0 saturated heterocycles. The second kappa shape index (κ2) is 8.50. The summed E-state index contributed by atoms with van der Waals surface area (Å²) in [7, 11) is -3.77. The monoisotopic (exact) mass is 379 g/mol. The molecule has 0 aromatic heterocycles. The number of amides is 1. The molecule has 0 spiro atoms. The van der Waals surface area contributed by atoms with Gasteiger partial charge in [-0.25, -0.2) is 13.6 Å². The van der Waals surface area contributed by atoms with E-state index < -0.39 is 10.0 Å². The quantitative estimate of drug-likeness (QED) is 0.726. The third-order valence-corrected chi connectivity index (χ3v) is 6.26. The molecule has 144 valence electrons. The average molecular weight is 380 g/mol. The van der Waals surface area contributed by atoms with Gasteiger partial charge in [0, 0.05) is 31.2 Å². The Labute approximate surface area is 156 Å². The first kappa shape index (κ1) is 19.3. The molecule has 3 N–H and O–H groups in total. The van der Waals surface area contributed by atoms with Gasteiger partial charge in [-0.1, -0.05) is 25.3 Å². The van der Waals surface area contributed by atoms with Crippen molar-refractivity contribution in [2.24, 2.45) is 11.1 Å². The molecule has 0 heterocycles. The second-order valence-corrected chi connectivity index (χ2v) is 9.16. The van der Waals surface area contributed by atoms with Crippen molar-refractivity contribution in [1.82, 2.24) is 4.90 Å². The van der Waals surface area contributed by atoms with Gasteiger partial charge in [-0.3, -0.25) is 9.69 Å². The number of nitrogens with one attached hydrogen (secondary N) is 1. The van der Waals surface area contributed by atoms with Gasteiger partial charge in [-0.15, -0.1) is 0 Å². The van der Waals surface area contributed by atoms with Crippen molar-refractivity contribution in [1.29, 1.82) is 0 Å². The van der Waals surface area contributed by atoms with Crippen LogP contribution in [-0.4, -0.2) is 38.4 Å². The van der Waals surface area contributed by atoms with Crippen molar-refractivity contribution < 1.29 is 13.2 Å². The number of hydrogen-bond donors (Lipinski definition) is 2. The molecule has 7 heteroatoms. The molecule has 0 aliphatic heterocycles. The summed E-state index contributed by atoms with van der Waals surface area (Å²) in [4.78, 5) is 14.8. The van der Waals surface area contributed by atoms with E-state index in [0.29, 0.717) is 18.2 Å². The lowest BCUT2D eigenvalue weighted by Crippen LogP contribution is -2.35. The van der Waals surface area contributed by atoms with Crippen molar-refractivity contribution in [3.05, 3.63) is 24.3 Å². The lowest BCUT2D eigenvalue weighted by atomic mass is 9.89. The van der Waals surface area contributed by atoms with Crippen LogP contribution in [0.2, 0.25) is 0 Å². The summed E-state index contributed by atoms with van der Waals surface area (Å²) in [5, 5.41) is 7.92. The summed E-state index contributed by atoms with van der Waals surface area (Å²) in [6.07, 6.45) is 9.57. The normalized spacial score (nSPS) is 18.8. The van der Waals surface area contributed by atoms with Gasteiger partial charge in [0.25, 0.3) is 0 Å². The Kier molecular flexibility index (Phi) is 6.32. The summed E-state index contributed by atoms with van der Waals surface area (Å²) in [6.45, 7) is 1.88. The molecule has 2 saturated carbocycles. The molecular formula is C19H29N3O3S. The first-order valence-electron chi connectivity index (χ1n) is 9.58. The number of anilines is 1. The molecule has 2 fully saturated rings. The first-order chi connectivity index (χ1) is 12.4. The second-order valence-electron chi connectivity index (χ2n) is 7.60. The van der Waals surface area contributed by atoms with Crippen LogP contribution >= 0.6 is 0 Å². The molecule has 0 atom stereocenters. The van der Waals surface area contributed by atoms with Gasteiger partial charge in [0.15, 0.2) is 0 Å². The van der Waals surface area contributed by atoms with E-state index in [2.05, 4.69) is 10.2 Å². The van der Waals surface area contributed by atoms with Gasteiger partial charge in [0.1, 0.15) is 0 Å². The van der Waals surface area contributed by atoms with Crippen LogP contribution in [0.4, 0.5) is 5.69 Å². The zero-order valence-corrected chi connectivity index (χ0v) is 16.0. The van der Waals surface area contributed by atoms with E-state index in [1.165, 1.54) is 57.1 Å². The lowest BCUT2D eigenvalue weighted by Gasteiger charge is -2.29. The zero-order valence-electron chi connectivity index (χ0n) is 15.2. The van der Waals surface area contributed by atoms with Crippen molar-refractivity contribution in [3.8, 4) is 0 Å². The number of carbonyl (C=O) groups excluding carboxylic acids is 1. The van der Waals surface area contributed by atoms with Crippen molar-refractivity contribution in [3.63, 3.8) is 0 Å². The van der Waals surface area contributed by atoms with E-state index in [1.807, 2.05) is 0 Å². The number of hydrogen-bond acceptors (Lipinski definition) is 4. The van der Waals surface area contributed by atoms with Crippen LogP contribution in [0.15, 0.2) is 29.2 Å². The van der Waals surface area contributed by atoms with Gasteiger partial charge >= 0.3 is 0 Å². The number of rotatable bonds is 8. The van der Waals surface area contributed by atoms with E-state index >= 15 is 0 Å². The fourth-order valence-corrected chi connectivity index (χ4v) is 4.34. The minimum Gasteiger partial charge on any atom is -0.326 e. The Morgan fingerprint density at radius 2 is 1.88 bits per heavy atom. The average Bonchev–Trinajstić information content (AvgIpc) is 3.44. The van der Waals surface area contributed by atoms with Gasteiger partial charge < -0.3 is 5.32 Å². The standard InChI is InChI=1S/C19H29N3O3S/c20-26(24,25)18-8-4-7-16(13-18)21-19(23)11-12-22(17-9-10-17)14-15-5-2-1-3-6-15/h4,7-8,13,15,17H,1-3,5-6,9-12,14H2,(H,21,23)(H2,20,24,25). The summed E-state index contributed by atoms with van der Waals surface area (Å²) < 4.78 is 22.8. The van der Waals surface area contributed by atoms with Crippen LogP contribution in [-0.2, 0) is 14.8 Å². The molecule has 2 aliphatic carbocycles. The molecule has 6 nitrogen and oxygen atoms in total. The van der Waals surface area contributed by atoms with Gasteiger partial charge in [-0.05, 0) is 49.8 Å². The Balaban J connectivity index is 1.50. The predicted octanol–water partition coefficient (Wildman–Crippen LogP) is 2.71. The summed E-state index contributed by atoms with van der Waals surface area (Å²) >= 11 is 0. The molecule has 1 amide bonds. The SMILES string of the molecule is NS(=O)(=O)c1cccc(NC(=O)CCN(CC2CCCCC2)C2CC2)c1. The molecule has 3 rings (SSSR count). The van der Waals surface area contributed by atoms with E-state index in [9.17, 15) is 13.2 Å². The van der Waals surface area contributed by atoms with Gasteiger partial charge in [-0.2, -0.15) is 0 Å². The van der Waals surface area contributed by atoms with Gasteiger partial charge in [0.2, 0.25) is 15.9 Å². The highest BCUT2D eigenvalue weighted by Gasteiger charge is 2.31. The highest BCUT2D eigenvalue weighted by molar-refractivity contribution is 7.89. The third-order valence-electron chi connectivity index (χ3n) is 5.35. The maximum atomic E-state index is 12.3. The summed E-state index contributed by atoms with van der Waals surface area (Å²) in [5.41, 5.74) is 0.465. The van der Waals surface area contributed by atoms with Crippen LogP contribution in [0.25, 0.3) is 0 Å². The van der Waals surface area contributed by atoms with Crippen molar-refractivity contribution in [2.75, 3.05) is 18.4 Å². The van der Waals surface area contributed by atoms with Crippen LogP contribution in [0.5, 0.6) is 0 Å². The molecule has 0 bridgehead atoms. The molecule has 26 heavy (non-hydrogen) atoms. The molecule has 0 radical (unpaired) electrons. The Hall–Kier alpha value is -1.44. The zero-order chi connectivity index (χ0) is 18.6. The highest BCUT2D eigenvalue weighted by atomic mass is 32.2. The number of nitrogens with two attached hydrogens (primary N) is 1. The fourth-order valence-electron chi connectivity index (χ4n) is 3.78. The maximum absolute atomic E-state index is 12.3. The minimum atomic E-state index is -3.77. The van der Waals surface area contributed by atoms with Crippen LogP contribution in [0.3, 0.4) is 0 Å². The Morgan fingerprint density at radius 3 is 2.54 bits per heavy atom. The minimum absolute atomic E-state index is 0.00667. The molecule has 0 unspecified atom stereocenters. The lowest BCUT2D eigenvalue weighted by molar-refractivity contribution is -0.116. The molecule has 1 aromatic rings.